The molecule has 70 valence electrons. The highest BCUT2D eigenvalue weighted by atomic mass is 79.9. The van der Waals surface area contributed by atoms with Gasteiger partial charge in [0.05, 0.1) is 0 Å². The van der Waals surface area contributed by atoms with Crippen molar-refractivity contribution in [3.8, 4) is 0 Å². The van der Waals surface area contributed by atoms with Gasteiger partial charge in [0.2, 0.25) is 0 Å². The van der Waals surface area contributed by atoms with E-state index in [1.54, 1.807) is 0 Å². The fraction of sp³-hybridized carbons (Fsp3) is 0.333. The summed E-state index contributed by atoms with van der Waals surface area (Å²) in [6.07, 6.45) is 1.92. The molecule has 0 spiro atoms. The van der Waals surface area contributed by atoms with Crippen molar-refractivity contribution >= 4 is 22.0 Å². The van der Waals surface area contributed by atoms with E-state index < -0.39 is 0 Å². The molecule has 0 N–H and O–H groups in total. The third kappa shape index (κ3) is 2.44. The minimum atomic E-state index is 0.562. The third-order valence-electron chi connectivity index (χ3n) is 2.15. The number of benzene rings is 1. The maximum absolute atomic E-state index is 3.82. The summed E-state index contributed by atoms with van der Waals surface area (Å²) in [6.45, 7) is 8.24. The van der Waals surface area contributed by atoms with Crippen molar-refractivity contribution in [3.63, 3.8) is 0 Å². The van der Waals surface area contributed by atoms with Crippen LogP contribution in [0.1, 0.15) is 36.5 Å². The molecule has 0 saturated carbocycles. The highest BCUT2D eigenvalue weighted by Gasteiger charge is 2.04. The fourth-order valence-corrected chi connectivity index (χ4v) is 1.74. The maximum Gasteiger partial charge on any atom is 0.0283 e. The van der Waals surface area contributed by atoms with E-state index >= 15 is 0 Å². The Morgan fingerprint density at radius 2 is 2.15 bits per heavy atom. The molecule has 0 fully saturated rings. The summed E-state index contributed by atoms with van der Waals surface area (Å²) in [4.78, 5) is 0. The van der Waals surface area contributed by atoms with E-state index in [9.17, 15) is 0 Å². The zero-order valence-electron chi connectivity index (χ0n) is 8.18. The molecule has 0 saturated heterocycles. The number of hydrogen-bond acceptors (Lipinski definition) is 0. The van der Waals surface area contributed by atoms with Crippen LogP contribution in [-0.2, 0) is 5.33 Å². The minimum absolute atomic E-state index is 0.562. The topological polar surface area (TPSA) is 0 Å². The average molecular weight is 239 g/mol. The number of alkyl halides is 1. The Kier molecular flexibility index (Phi) is 3.73. The Morgan fingerprint density at radius 1 is 1.46 bits per heavy atom. The summed E-state index contributed by atoms with van der Waals surface area (Å²) >= 11 is 3.46. The molecule has 0 radical (unpaired) electrons. The van der Waals surface area contributed by atoms with Gasteiger partial charge in [0.15, 0.2) is 0 Å². The zero-order valence-corrected chi connectivity index (χ0v) is 9.76. The van der Waals surface area contributed by atoms with Crippen molar-refractivity contribution in [1.82, 2.24) is 0 Å². The van der Waals surface area contributed by atoms with Gasteiger partial charge < -0.3 is 0 Å². The van der Waals surface area contributed by atoms with Crippen LogP contribution in [0.25, 0.3) is 6.08 Å². The standard InChI is InChI=1S/C12H15Br/c1-4-11-6-5-10(8-13)7-12(11)9(2)3/h4-7,9H,1,8H2,2-3H3. The van der Waals surface area contributed by atoms with Gasteiger partial charge in [-0.25, -0.2) is 0 Å². The van der Waals surface area contributed by atoms with Gasteiger partial charge in [0.1, 0.15) is 0 Å². The van der Waals surface area contributed by atoms with Crippen LogP contribution in [0.5, 0.6) is 0 Å². The van der Waals surface area contributed by atoms with E-state index in [-0.39, 0.29) is 0 Å². The Bertz CT molecular complexity index is 300. The molecular weight excluding hydrogens is 224 g/mol. The molecule has 0 unspecified atom stereocenters. The first-order valence-corrected chi connectivity index (χ1v) is 5.62. The van der Waals surface area contributed by atoms with Gasteiger partial charge in [-0.05, 0) is 22.6 Å². The van der Waals surface area contributed by atoms with Crippen LogP contribution in [0.15, 0.2) is 24.8 Å². The smallest absolute Gasteiger partial charge is 0.0283 e. The Balaban J connectivity index is 3.17. The first kappa shape index (κ1) is 10.5. The fourth-order valence-electron chi connectivity index (χ4n) is 1.39. The van der Waals surface area contributed by atoms with Gasteiger partial charge in [-0.15, -0.1) is 0 Å². The molecule has 1 aromatic carbocycles. The monoisotopic (exact) mass is 238 g/mol. The molecule has 0 nitrogen and oxygen atoms in total. The Morgan fingerprint density at radius 3 is 2.62 bits per heavy atom. The molecule has 0 aliphatic rings. The second-order valence-electron chi connectivity index (χ2n) is 3.46. The van der Waals surface area contributed by atoms with Gasteiger partial charge in [-0.3, -0.25) is 0 Å². The van der Waals surface area contributed by atoms with Crippen molar-refractivity contribution in [2.24, 2.45) is 0 Å². The predicted octanol–water partition coefficient (Wildman–Crippen LogP) is 4.35. The van der Waals surface area contributed by atoms with Crippen molar-refractivity contribution in [2.45, 2.75) is 25.1 Å². The summed E-state index contributed by atoms with van der Waals surface area (Å²) < 4.78 is 0. The highest BCUT2D eigenvalue weighted by Crippen LogP contribution is 2.22. The number of hydrogen-bond donors (Lipinski definition) is 0. The van der Waals surface area contributed by atoms with Crippen molar-refractivity contribution in [2.75, 3.05) is 0 Å². The van der Waals surface area contributed by atoms with E-state index in [2.05, 4.69) is 54.6 Å². The second-order valence-corrected chi connectivity index (χ2v) is 4.02. The molecule has 1 rings (SSSR count). The van der Waals surface area contributed by atoms with Crippen molar-refractivity contribution < 1.29 is 0 Å². The quantitative estimate of drug-likeness (QED) is 0.688. The SMILES string of the molecule is C=Cc1ccc(CBr)cc1C(C)C. The zero-order chi connectivity index (χ0) is 9.84. The minimum Gasteiger partial charge on any atom is -0.0985 e. The van der Waals surface area contributed by atoms with Gasteiger partial charge in [-0.1, -0.05) is 60.6 Å². The maximum atomic E-state index is 3.82. The molecule has 0 amide bonds. The number of halogens is 1. The van der Waals surface area contributed by atoms with E-state index in [0.717, 1.165) is 5.33 Å². The van der Waals surface area contributed by atoms with Crippen LogP contribution in [0, 0.1) is 0 Å². The third-order valence-corrected chi connectivity index (χ3v) is 2.79. The van der Waals surface area contributed by atoms with Crippen molar-refractivity contribution in [3.05, 3.63) is 41.5 Å². The van der Waals surface area contributed by atoms with Gasteiger partial charge in [0.25, 0.3) is 0 Å². The van der Waals surface area contributed by atoms with Crippen LogP contribution < -0.4 is 0 Å². The van der Waals surface area contributed by atoms with Crippen LogP contribution in [0.4, 0.5) is 0 Å². The van der Waals surface area contributed by atoms with Crippen LogP contribution >= 0.6 is 15.9 Å². The van der Waals surface area contributed by atoms with Crippen molar-refractivity contribution in [1.29, 1.82) is 0 Å². The lowest BCUT2D eigenvalue weighted by atomic mass is 9.95. The summed E-state index contributed by atoms with van der Waals surface area (Å²) in [7, 11) is 0. The molecule has 13 heavy (non-hydrogen) atoms. The molecule has 1 heteroatoms. The molecule has 0 heterocycles. The molecule has 0 aliphatic carbocycles. The summed E-state index contributed by atoms with van der Waals surface area (Å²) in [5.41, 5.74) is 3.96. The Hall–Kier alpha value is -0.560. The molecule has 1 aromatic rings. The summed E-state index contributed by atoms with van der Waals surface area (Å²) in [6, 6.07) is 6.52. The lowest BCUT2D eigenvalue weighted by Crippen LogP contribution is -1.93. The summed E-state index contributed by atoms with van der Waals surface area (Å²) in [5.74, 6) is 0.562. The lowest BCUT2D eigenvalue weighted by Gasteiger charge is -2.11. The first-order valence-electron chi connectivity index (χ1n) is 4.50. The van der Waals surface area contributed by atoms with Crippen LogP contribution in [0.3, 0.4) is 0 Å². The van der Waals surface area contributed by atoms with E-state index in [1.807, 2.05) is 6.08 Å². The molecular formula is C12H15Br. The lowest BCUT2D eigenvalue weighted by molar-refractivity contribution is 0.862. The molecule has 0 atom stereocenters. The molecule has 0 bridgehead atoms. The Labute approximate surface area is 88.8 Å². The first-order chi connectivity index (χ1) is 6.19. The van der Waals surface area contributed by atoms with Crippen LogP contribution in [-0.4, -0.2) is 0 Å². The van der Waals surface area contributed by atoms with Gasteiger partial charge >= 0.3 is 0 Å². The summed E-state index contributed by atoms with van der Waals surface area (Å²) in [5, 5.41) is 0.921. The van der Waals surface area contributed by atoms with E-state index in [1.165, 1.54) is 16.7 Å². The predicted molar refractivity (Wildman–Crippen MR) is 63.3 cm³/mol. The normalized spacial score (nSPS) is 10.5. The largest absolute Gasteiger partial charge is 0.0985 e. The highest BCUT2D eigenvalue weighted by molar-refractivity contribution is 9.08. The number of rotatable bonds is 3. The average Bonchev–Trinajstić information content (AvgIpc) is 2.16. The van der Waals surface area contributed by atoms with Gasteiger partial charge in [0, 0.05) is 5.33 Å². The van der Waals surface area contributed by atoms with E-state index in [4.69, 9.17) is 0 Å². The second kappa shape index (κ2) is 4.61. The molecule has 0 aliphatic heterocycles. The van der Waals surface area contributed by atoms with Crippen LogP contribution in [0.2, 0.25) is 0 Å². The van der Waals surface area contributed by atoms with E-state index in [0.29, 0.717) is 5.92 Å². The van der Waals surface area contributed by atoms with Gasteiger partial charge in [-0.2, -0.15) is 0 Å². The molecule has 0 aromatic heterocycles.